The van der Waals surface area contributed by atoms with Gasteiger partial charge < -0.3 is 19.2 Å². The van der Waals surface area contributed by atoms with Gasteiger partial charge in [0.05, 0.1) is 29.8 Å². The lowest BCUT2D eigenvalue weighted by molar-refractivity contribution is 0.0925. The summed E-state index contributed by atoms with van der Waals surface area (Å²) in [6.07, 6.45) is 0.638. The second-order valence-corrected chi connectivity index (χ2v) is 9.23. The molecule has 0 fully saturated rings. The lowest BCUT2D eigenvalue weighted by Gasteiger charge is -2.12. The van der Waals surface area contributed by atoms with Crippen LogP contribution in [0.1, 0.15) is 35.7 Å². The van der Waals surface area contributed by atoms with Crippen LogP contribution < -0.4 is 14.8 Å². The van der Waals surface area contributed by atoms with Crippen LogP contribution in [0.15, 0.2) is 68.4 Å². The van der Waals surface area contributed by atoms with Crippen LogP contribution in [0.4, 0.5) is 0 Å². The molecule has 0 aliphatic carbocycles. The first-order valence-electron chi connectivity index (χ1n) is 10.4. The third-order valence-corrected chi connectivity index (χ3v) is 6.42. The first-order chi connectivity index (χ1) is 15.5. The summed E-state index contributed by atoms with van der Waals surface area (Å²) in [5.74, 6) is 2.03. The zero-order chi connectivity index (χ0) is 22.9. The maximum absolute atomic E-state index is 12.5. The third-order valence-electron chi connectivity index (χ3n) is 4.54. The quantitative estimate of drug-likeness (QED) is 0.380. The van der Waals surface area contributed by atoms with Gasteiger partial charge in [0.15, 0.2) is 17.3 Å². The molecule has 2 aromatic carbocycles. The summed E-state index contributed by atoms with van der Waals surface area (Å²) in [4.78, 5) is 13.1. The van der Waals surface area contributed by atoms with Gasteiger partial charge in [-0.05, 0) is 74.4 Å². The molecule has 3 rings (SSSR count). The van der Waals surface area contributed by atoms with Crippen molar-refractivity contribution in [3.63, 3.8) is 0 Å². The van der Waals surface area contributed by atoms with Gasteiger partial charge in [0.1, 0.15) is 5.76 Å². The zero-order valence-corrected chi connectivity index (χ0v) is 20.5. The van der Waals surface area contributed by atoms with Crippen molar-refractivity contribution in [1.82, 2.24) is 5.32 Å². The fourth-order valence-corrected chi connectivity index (χ4v) is 4.32. The van der Waals surface area contributed by atoms with Crippen molar-refractivity contribution < 1.29 is 22.9 Å². The molecule has 6 nitrogen and oxygen atoms in total. The Morgan fingerprint density at radius 2 is 1.72 bits per heavy atom. The molecule has 1 heterocycles. The molecule has 0 aliphatic rings. The number of hydrogen-bond acceptors (Lipinski definition) is 5. The molecule has 32 heavy (non-hydrogen) atoms. The molecule has 1 N–H and O–H groups in total. The highest BCUT2D eigenvalue weighted by atomic mass is 79.9. The van der Waals surface area contributed by atoms with E-state index in [2.05, 4.69) is 21.2 Å². The first-order valence-corrected chi connectivity index (χ1v) is 12.5. The van der Waals surface area contributed by atoms with E-state index in [1.165, 1.54) is 0 Å². The van der Waals surface area contributed by atoms with Crippen molar-refractivity contribution in [2.45, 2.75) is 30.9 Å². The molecule has 170 valence electrons. The molecule has 3 aromatic rings. The number of furan rings is 1. The number of carbonyl (C=O) groups is 1. The standard InChI is InChI=1S/C24H26BrNO5S/c1-3-29-21-11-5-17(15-23(21)30-4-2)13-14-26-24(27)22-12-8-19(31-22)16-32(28)20-9-6-18(25)7-10-20/h5-12,15H,3-4,13-14,16H2,1-2H3,(H,26,27). The van der Waals surface area contributed by atoms with Gasteiger partial charge in [-0.3, -0.25) is 9.00 Å². The average molecular weight is 520 g/mol. The summed E-state index contributed by atoms with van der Waals surface area (Å²) in [7, 11) is -1.25. The minimum Gasteiger partial charge on any atom is -0.490 e. The minimum atomic E-state index is -1.25. The number of ether oxygens (including phenoxy) is 2. The molecule has 1 amide bonds. The van der Waals surface area contributed by atoms with Crippen LogP contribution in [0.25, 0.3) is 0 Å². The van der Waals surface area contributed by atoms with E-state index in [0.29, 0.717) is 48.3 Å². The summed E-state index contributed by atoms with van der Waals surface area (Å²) in [5, 5.41) is 2.86. The fraction of sp³-hybridized carbons (Fsp3) is 0.292. The van der Waals surface area contributed by atoms with Crippen LogP contribution in [-0.4, -0.2) is 29.9 Å². The summed E-state index contributed by atoms with van der Waals surface area (Å²) >= 11 is 3.36. The Balaban J connectivity index is 1.52. The molecule has 1 aromatic heterocycles. The van der Waals surface area contributed by atoms with Gasteiger partial charge in [-0.25, -0.2) is 0 Å². The first kappa shape index (κ1) is 24.1. The highest BCUT2D eigenvalue weighted by Crippen LogP contribution is 2.28. The molecule has 8 heteroatoms. The summed E-state index contributed by atoms with van der Waals surface area (Å²) in [6.45, 7) is 5.41. The number of nitrogens with one attached hydrogen (secondary N) is 1. The number of hydrogen-bond donors (Lipinski definition) is 1. The molecule has 0 aliphatic heterocycles. The van der Waals surface area contributed by atoms with E-state index < -0.39 is 10.8 Å². The Hall–Kier alpha value is -2.58. The smallest absolute Gasteiger partial charge is 0.287 e. The molecule has 0 bridgehead atoms. The van der Waals surface area contributed by atoms with Gasteiger partial charge in [-0.2, -0.15) is 0 Å². The van der Waals surface area contributed by atoms with Crippen molar-refractivity contribution in [2.75, 3.05) is 19.8 Å². The Bertz CT molecular complexity index is 1060. The van der Waals surface area contributed by atoms with Crippen molar-refractivity contribution in [1.29, 1.82) is 0 Å². The van der Waals surface area contributed by atoms with E-state index in [1.54, 1.807) is 24.3 Å². The van der Waals surface area contributed by atoms with Gasteiger partial charge in [0.2, 0.25) is 0 Å². The molecule has 0 radical (unpaired) electrons. The van der Waals surface area contributed by atoms with Gasteiger partial charge in [0.25, 0.3) is 5.91 Å². The molecular formula is C24H26BrNO5S. The van der Waals surface area contributed by atoms with E-state index in [1.807, 2.05) is 44.2 Å². The third kappa shape index (κ3) is 6.71. The number of carbonyl (C=O) groups excluding carboxylic acids is 1. The topological polar surface area (TPSA) is 77.8 Å². The normalized spacial score (nSPS) is 11.7. The predicted molar refractivity (Wildman–Crippen MR) is 128 cm³/mol. The fourth-order valence-electron chi connectivity index (χ4n) is 3.03. The minimum absolute atomic E-state index is 0.203. The summed E-state index contributed by atoms with van der Waals surface area (Å²) < 4.78 is 30.2. The maximum Gasteiger partial charge on any atom is 0.287 e. The molecule has 0 saturated carbocycles. The summed E-state index contributed by atoms with van der Waals surface area (Å²) in [6, 6.07) is 16.4. The van der Waals surface area contributed by atoms with Crippen molar-refractivity contribution in [3.05, 3.63) is 76.2 Å². The van der Waals surface area contributed by atoms with E-state index in [9.17, 15) is 9.00 Å². The van der Waals surface area contributed by atoms with Crippen LogP contribution >= 0.6 is 15.9 Å². The van der Waals surface area contributed by atoms with Gasteiger partial charge in [0, 0.05) is 15.9 Å². The highest BCUT2D eigenvalue weighted by molar-refractivity contribution is 9.10. The monoisotopic (exact) mass is 519 g/mol. The lowest BCUT2D eigenvalue weighted by atomic mass is 10.1. The largest absolute Gasteiger partial charge is 0.490 e. The Labute approximate surface area is 198 Å². The molecule has 0 spiro atoms. The SMILES string of the molecule is CCOc1ccc(CCNC(=O)c2ccc(CS(=O)c3ccc(Br)cc3)o2)cc1OCC. The lowest BCUT2D eigenvalue weighted by Crippen LogP contribution is -2.25. The van der Waals surface area contributed by atoms with E-state index in [4.69, 9.17) is 13.9 Å². The number of amides is 1. The zero-order valence-electron chi connectivity index (χ0n) is 18.1. The van der Waals surface area contributed by atoms with Gasteiger partial charge in [-0.1, -0.05) is 22.0 Å². The van der Waals surface area contributed by atoms with Crippen LogP contribution in [0.3, 0.4) is 0 Å². The van der Waals surface area contributed by atoms with E-state index >= 15 is 0 Å². The maximum atomic E-state index is 12.5. The number of halogens is 1. The van der Waals surface area contributed by atoms with Gasteiger partial charge in [-0.15, -0.1) is 0 Å². The van der Waals surface area contributed by atoms with E-state index in [-0.39, 0.29) is 17.4 Å². The molecule has 1 unspecified atom stereocenters. The van der Waals surface area contributed by atoms with Gasteiger partial charge >= 0.3 is 0 Å². The van der Waals surface area contributed by atoms with Crippen LogP contribution in [-0.2, 0) is 23.0 Å². The van der Waals surface area contributed by atoms with Crippen molar-refractivity contribution in [2.24, 2.45) is 0 Å². The Kier molecular flexibility index (Phi) is 8.93. The molecular weight excluding hydrogens is 494 g/mol. The van der Waals surface area contributed by atoms with Crippen molar-refractivity contribution in [3.8, 4) is 11.5 Å². The van der Waals surface area contributed by atoms with Crippen molar-refractivity contribution >= 4 is 32.6 Å². The van der Waals surface area contributed by atoms with Crippen LogP contribution in [0.2, 0.25) is 0 Å². The summed E-state index contributed by atoms with van der Waals surface area (Å²) in [5.41, 5.74) is 1.03. The molecule has 0 saturated heterocycles. The number of rotatable bonds is 11. The predicted octanol–water partition coefficient (Wildman–Crippen LogP) is 5.12. The second-order valence-electron chi connectivity index (χ2n) is 6.86. The second kappa shape index (κ2) is 11.9. The Morgan fingerprint density at radius 1 is 1.00 bits per heavy atom. The number of benzene rings is 2. The van der Waals surface area contributed by atoms with Crippen LogP contribution in [0, 0.1) is 0 Å². The highest BCUT2D eigenvalue weighted by Gasteiger charge is 2.14. The Morgan fingerprint density at radius 3 is 2.44 bits per heavy atom. The van der Waals surface area contributed by atoms with Crippen LogP contribution in [0.5, 0.6) is 11.5 Å². The molecule has 1 atom stereocenters. The average Bonchev–Trinajstić information content (AvgIpc) is 3.25. The van der Waals surface area contributed by atoms with E-state index in [0.717, 1.165) is 10.0 Å².